The minimum absolute atomic E-state index is 0.0525. The Morgan fingerprint density at radius 2 is 0.444 bits per heavy atom. The van der Waals surface area contributed by atoms with Crippen LogP contribution in [0.25, 0.3) is 11.1 Å². The first-order chi connectivity index (χ1) is 68.4. The van der Waals surface area contributed by atoms with Crippen molar-refractivity contribution >= 4 is 77.4 Å². The molecule has 0 radical (unpaired) electrons. The fourth-order valence-electron chi connectivity index (χ4n) is 11.5. The van der Waals surface area contributed by atoms with Gasteiger partial charge in [0, 0.05) is 96.2 Å². The molecule has 8 rings (SSSR count). The van der Waals surface area contributed by atoms with E-state index in [-0.39, 0.29) is 137 Å². The van der Waals surface area contributed by atoms with E-state index >= 15 is 0 Å². The first kappa shape index (κ1) is 117. The summed E-state index contributed by atoms with van der Waals surface area (Å²) in [5.74, 6) is -3.35. The second-order valence-electron chi connectivity index (χ2n) is 29.8. The molecule has 0 saturated heterocycles. The molecule has 0 aliphatic carbocycles. The number of hydrogen-bond donors (Lipinski definition) is 0. The van der Waals surface area contributed by atoms with Crippen molar-refractivity contribution in [1.82, 2.24) is 0 Å². The Bertz CT molecular complexity index is 4980. The summed E-state index contributed by atoms with van der Waals surface area (Å²) in [7, 11) is 0. The van der Waals surface area contributed by atoms with E-state index < -0.39 is 83.0 Å². The molecule has 0 unspecified atom stereocenters. The highest BCUT2D eigenvalue weighted by Crippen LogP contribution is 2.34. The molecule has 0 heterocycles. The number of ketones is 1. The average Bonchev–Trinajstić information content (AvgIpc) is 0.800. The van der Waals surface area contributed by atoms with E-state index in [0.717, 1.165) is 130 Å². The van der Waals surface area contributed by atoms with Crippen LogP contribution >= 0.6 is 0 Å². The van der Waals surface area contributed by atoms with E-state index in [0.29, 0.717) is 40.1 Å². The molecule has 0 spiro atoms. The molecule has 0 aliphatic rings. The monoisotopic (exact) mass is 1950 g/mol. The SMILES string of the molecule is C=CC(=O)OCC(COC(=O)C=C)(COC(=O)C=C)COC(=O)C=C.C=CC(=O)OCC(COC(=O)C=C)CC(=O)c1ccc(-c2ccccc2)cc1.C=CC(=O)OCCOc1ccc(C(C)(C)c2ccc(OCCOC(=O)C=C)cc2)cc1.C=CC(=O)OCCOc1ccc(Cc2ccc(OCCOC(=O)C=C)cc2)cc1.C=CC(=O)OCCOc1ccc(Cc2ccc(OCCOC(=O)C=C)cc2)cc1. The van der Waals surface area contributed by atoms with Crippen molar-refractivity contribution in [1.29, 1.82) is 0 Å². The van der Waals surface area contributed by atoms with Gasteiger partial charge < -0.3 is 85.3 Å². The Morgan fingerprint density at radius 1 is 0.239 bits per heavy atom. The number of carbonyl (C=O) groups excluding carboxylic acids is 13. The summed E-state index contributed by atoms with van der Waals surface area (Å²) >= 11 is 0. The van der Waals surface area contributed by atoms with Gasteiger partial charge in [-0.25, -0.2) is 57.5 Å². The number of benzene rings is 8. The van der Waals surface area contributed by atoms with Gasteiger partial charge in [0.2, 0.25) is 0 Å². The van der Waals surface area contributed by atoms with E-state index in [1.165, 1.54) is 0 Å². The van der Waals surface area contributed by atoms with Crippen LogP contribution in [0.15, 0.2) is 352 Å². The number of carbonyl (C=O) groups is 13. The zero-order valence-corrected chi connectivity index (χ0v) is 79.5. The van der Waals surface area contributed by atoms with Gasteiger partial charge in [-0.2, -0.15) is 0 Å². The van der Waals surface area contributed by atoms with E-state index in [4.69, 9.17) is 85.3 Å². The second kappa shape index (κ2) is 67.9. The topological polar surface area (TPSA) is 388 Å². The van der Waals surface area contributed by atoms with Crippen molar-refractivity contribution in [2.45, 2.75) is 38.5 Å². The zero-order valence-electron chi connectivity index (χ0n) is 79.5. The van der Waals surface area contributed by atoms with Gasteiger partial charge in [0.15, 0.2) is 5.78 Å². The maximum Gasteiger partial charge on any atom is 0.330 e. The normalized spacial score (nSPS) is 10.1. The summed E-state index contributed by atoms with van der Waals surface area (Å²) in [6, 6.07) is 63.7. The number of rotatable bonds is 58. The summed E-state index contributed by atoms with van der Waals surface area (Å²) in [6.45, 7) is 45.1. The van der Waals surface area contributed by atoms with Crippen LogP contribution in [0.2, 0.25) is 0 Å². The lowest BCUT2D eigenvalue weighted by Crippen LogP contribution is -2.43. The van der Waals surface area contributed by atoms with Gasteiger partial charge in [-0.05, 0) is 130 Å². The van der Waals surface area contributed by atoms with Crippen LogP contribution in [0.3, 0.4) is 0 Å². The third kappa shape index (κ3) is 49.0. The van der Waals surface area contributed by atoms with Gasteiger partial charge in [0.1, 0.15) is 146 Å². The molecule has 0 bridgehead atoms. The number of hydrogen-bond acceptors (Lipinski definition) is 31. The lowest BCUT2D eigenvalue weighted by Gasteiger charge is -2.31. The highest BCUT2D eigenvalue weighted by Gasteiger charge is 2.38. The van der Waals surface area contributed by atoms with Gasteiger partial charge in [0.25, 0.3) is 0 Å². The summed E-state index contributed by atoms with van der Waals surface area (Å²) in [5, 5.41) is 0. The van der Waals surface area contributed by atoms with Gasteiger partial charge in [-0.3, -0.25) is 4.79 Å². The Labute approximate surface area is 826 Å². The molecular formula is C111H118O31. The molecule has 31 nitrogen and oxygen atoms in total. The highest BCUT2D eigenvalue weighted by molar-refractivity contribution is 5.97. The number of esters is 12. The van der Waals surface area contributed by atoms with Crippen molar-refractivity contribution < 1.29 is 148 Å². The average molecular weight is 1950 g/mol. The summed E-state index contributed by atoms with van der Waals surface area (Å²) in [5.41, 5.74) is 7.85. The molecule has 0 aliphatic heterocycles. The fourth-order valence-corrected chi connectivity index (χ4v) is 11.5. The first-order valence-electron chi connectivity index (χ1n) is 44.0. The molecule has 0 aromatic heterocycles. The van der Waals surface area contributed by atoms with Gasteiger partial charge in [-0.15, -0.1) is 0 Å². The van der Waals surface area contributed by atoms with Gasteiger partial charge >= 0.3 is 71.6 Å². The Kier molecular flexibility index (Phi) is 56.0. The standard InChI is InChI=1S/C25H28O6.2C23H24O6.C23H22O5.C17H20O8/c1-5-23(26)30-17-15-28-21-11-7-19(8-12-21)25(3,4)20-9-13-22(14-10-20)29-16-18-31-24(27)6-2;2*1-3-22(24)28-15-13-26-20-9-5-18(6-10-20)17-19-7-11-21(12-8-19)27-14-16-29-23(25)4-2;1-3-22(25)27-15-17(16-28-23(26)4-2)14-21(24)20-12-10-19(11-13-20)18-8-6-5-7-9-18;1-5-13(18)22-9-17(10-23-14(19)6-2,11-24-15(20)7-3)12-25-16(21)8-4/h5-14H,1-2,15-18H2,3-4H3;2*3-12H,1-2,13-17H2;3-13,17H,1-2,14-16H2;5-8H,1-4,9-12H2. The van der Waals surface area contributed by atoms with Crippen LogP contribution in [0.1, 0.15) is 64.0 Å². The highest BCUT2D eigenvalue weighted by atomic mass is 16.6. The largest absolute Gasteiger partial charge is 0.490 e. The van der Waals surface area contributed by atoms with Crippen molar-refractivity contribution in [2.75, 3.05) is 119 Å². The third-order valence-corrected chi connectivity index (χ3v) is 19.0. The van der Waals surface area contributed by atoms with Crippen molar-refractivity contribution in [2.24, 2.45) is 11.3 Å². The summed E-state index contributed by atoms with van der Waals surface area (Å²) in [4.78, 5) is 146. The van der Waals surface area contributed by atoms with Crippen LogP contribution in [-0.4, -0.2) is 196 Å². The number of ether oxygens (including phenoxy) is 18. The van der Waals surface area contributed by atoms with E-state index in [1.807, 2.05) is 188 Å². The lowest BCUT2D eigenvalue weighted by molar-refractivity contribution is -0.164. The van der Waals surface area contributed by atoms with Crippen molar-refractivity contribution in [3.05, 3.63) is 391 Å². The van der Waals surface area contributed by atoms with Crippen LogP contribution < -0.4 is 28.4 Å². The molecule has 8 aromatic rings. The molecule has 0 atom stereocenters. The van der Waals surface area contributed by atoms with Crippen LogP contribution in [-0.2, 0) is 133 Å². The van der Waals surface area contributed by atoms with Crippen LogP contribution in [0.4, 0.5) is 0 Å². The molecule has 0 saturated carbocycles. The Morgan fingerprint density at radius 3 is 0.669 bits per heavy atom. The van der Waals surface area contributed by atoms with E-state index in [1.54, 1.807) is 12.1 Å². The van der Waals surface area contributed by atoms with Crippen molar-refractivity contribution in [3.8, 4) is 45.6 Å². The smallest absolute Gasteiger partial charge is 0.330 e. The minimum Gasteiger partial charge on any atom is -0.490 e. The molecule has 0 N–H and O–H groups in total. The molecule has 0 amide bonds. The maximum absolute atomic E-state index is 12.6. The molecule has 0 fully saturated rings. The van der Waals surface area contributed by atoms with Crippen LogP contribution in [0.5, 0.6) is 34.5 Å². The third-order valence-electron chi connectivity index (χ3n) is 19.0. The second-order valence-corrected chi connectivity index (χ2v) is 29.8. The lowest BCUT2D eigenvalue weighted by atomic mass is 9.78. The number of Topliss-reactive ketones (excluding diaryl/α,β-unsaturated/α-hetero) is 1. The van der Waals surface area contributed by atoms with Gasteiger partial charge in [-0.1, -0.05) is 220 Å². The Hall–Kier alpha value is -17.3. The van der Waals surface area contributed by atoms with E-state index in [9.17, 15) is 62.3 Å². The quantitative estimate of drug-likeness (QED) is 0.0112. The fraction of sp³-hybridized carbons (Fsp3) is 0.234. The van der Waals surface area contributed by atoms with Crippen molar-refractivity contribution in [3.63, 3.8) is 0 Å². The molecule has 8 aromatic carbocycles. The van der Waals surface area contributed by atoms with E-state index in [2.05, 4.69) is 92.8 Å². The van der Waals surface area contributed by atoms with Gasteiger partial charge in [0.05, 0.1) is 13.2 Å². The van der Waals surface area contributed by atoms with Crippen LogP contribution in [0, 0.1) is 11.3 Å². The molecular weight excluding hydrogens is 1830 g/mol. The maximum atomic E-state index is 12.6. The predicted octanol–water partition coefficient (Wildman–Crippen LogP) is 16.1. The Balaban J connectivity index is 0.000000371. The summed E-state index contributed by atoms with van der Waals surface area (Å²) < 4.78 is 92.3. The minimum atomic E-state index is -1.34. The molecule has 748 valence electrons. The summed E-state index contributed by atoms with van der Waals surface area (Å²) in [6.07, 6.45) is 14.1. The first-order valence-corrected chi connectivity index (χ1v) is 44.0. The molecule has 31 heteroatoms. The predicted molar refractivity (Wildman–Crippen MR) is 530 cm³/mol. The molecule has 142 heavy (non-hydrogen) atoms. The zero-order chi connectivity index (χ0) is 104.